The minimum atomic E-state index is -3.40. The number of carbonyl (C=O) groups excluding carboxylic acids is 1. The molecule has 0 aliphatic carbocycles. The Bertz CT molecular complexity index is 623. The number of halogens is 1. The number of piperazine rings is 1. The number of hydrogen-bond acceptors (Lipinski definition) is 3. The Labute approximate surface area is 136 Å². The van der Waals surface area contributed by atoms with Crippen LogP contribution in [-0.2, 0) is 21.4 Å². The van der Waals surface area contributed by atoms with Gasteiger partial charge in [0.1, 0.15) is 0 Å². The molecule has 0 aromatic heterocycles. The third-order valence-electron chi connectivity index (χ3n) is 3.65. The van der Waals surface area contributed by atoms with Gasteiger partial charge < -0.3 is 4.90 Å². The van der Waals surface area contributed by atoms with Crippen molar-refractivity contribution >= 4 is 27.7 Å². The Morgan fingerprint density at radius 3 is 2.18 bits per heavy atom. The van der Waals surface area contributed by atoms with E-state index in [0.717, 1.165) is 5.56 Å². The molecule has 1 saturated heterocycles. The molecule has 1 aromatic carbocycles. The van der Waals surface area contributed by atoms with E-state index in [9.17, 15) is 13.2 Å². The molecule has 1 heterocycles. The topological polar surface area (TPSA) is 60.9 Å². The van der Waals surface area contributed by atoms with Gasteiger partial charge in [0.15, 0.2) is 0 Å². The van der Waals surface area contributed by atoms with Gasteiger partial charge >= 0.3 is 0 Å². The van der Waals surface area contributed by atoms with Crippen molar-refractivity contribution in [2.24, 2.45) is 0 Å². The largest absolute Gasteiger partial charge is 0.340 e. The van der Waals surface area contributed by atoms with Gasteiger partial charge in [-0.25, -0.2) is 0 Å². The third-order valence-corrected chi connectivity index (χ3v) is 5.84. The van der Waals surface area contributed by atoms with Crippen LogP contribution in [0.3, 0.4) is 0 Å². The molecule has 0 N–H and O–H groups in total. The quantitative estimate of drug-likeness (QED) is 0.812. The highest BCUT2D eigenvalue weighted by Gasteiger charge is 2.30. The number of benzene rings is 1. The Morgan fingerprint density at radius 2 is 1.68 bits per heavy atom. The number of amides is 1. The van der Waals surface area contributed by atoms with Crippen LogP contribution in [0.2, 0.25) is 5.02 Å². The summed E-state index contributed by atoms with van der Waals surface area (Å²) >= 11 is 5.82. The molecule has 0 atom stereocenters. The van der Waals surface area contributed by atoms with Gasteiger partial charge in [-0.2, -0.15) is 17.0 Å². The zero-order chi connectivity index (χ0) is 16.3. The van der Waals surface area contributed by atoms with Crippen molar-refractivity contribution < 1.29 is 13.2 Å². The average Bonchev–Trinajstić information content (AvgIpc) is 2.49. The summed E-state index contributed by atoms with van der Waals surface area (Å²) in [6.07, 6.45) is 0.303. The van der Waals surface area contributed by atoms with Crippen molar-refractivity contribution in [1.29, 1.82) is 0 Å². The molecule has 0 unspecified atom stereocenters. The van der Waals surface area contributed by atoms with Crippen molar-refractivity contribution in [3.63, 3.8) is 0 Å². The van der Waals surface area contributed by atoms with Crippen LogP contribution in [0.4, 0.5) is 0 Å². The van der Waals surface area contributed by atoms with Crippen LogP contribution < -0.4 is 0 Å². The van der Waals surface area contributed by atoms with Crippen LogP contribution in [0.5, 0.6) is 0 Å². The highest BCUT2D eigenvalue weighted by atomic mass is 35.5. The van der Waals surface area contributed by atoms with E-state index in [2.05, 4.69) is 0 Å². The smallest absolute Gasteiger partial charge is 0.281 e. The van der Waals surface area contributed by atoms with E-state index in [0.29, 0.717) is 37.6 Å². The van der Waals surface area contributed by atoms with Gasteiger partial charge in [0.05, 0.1) is 6.42 Å². The molecular formula is C14H20ClN3O3S. The summed E-state index contributed by atoms with van der Waals surface area (Å²) in [4.78, 5) is 14.0. The first-order valence-corrected chi connectivity index (χ1v) is 8.78. The minimum Gasteiger partial charge on any atom is -0.340 e. The molecule has 1 aromatic rings. The first-order valence-electron chi connectivity index (χ1n) is 7.00. The van der Waals surface area contributed by atoms with Crippen molar-refractivity contribution in [2.45, 2.75) is 6.42 Å². The molecule has 0 saturated carbocycles. The molecule has 1 amide bonds. The van der Waals surface area contributed by atoms with E-state index >= 15 is 0 Å². The molecule has 8 heteroatoms. The predicted octanol–water partition coefficient (Wildman–Crippen LogP) is 0.833. The molecule has 1 fully saturated rings. The highest BCUT2D eigenvalue weighted by Crippen LogP contribution is 2.13. The number of rotatable bonds is 4. The second kappa shape index (κ2) is 6.95. The summed E-state index contributed by atoms with van der Waals surface area (Å²) in [5.41, 5.74) is 0.901. The van der Waals surface area contributed by atoms with Crippen molar-refractivity contribution in [1.82, 2.24) is 13.5 Å². The normalized spacial score (nSPS) is 17.0. The summed E-state index contributed by atoms with van der Waals surface area (Å²) in [5.74, 6) is 0.00391. The van der Waals surface area contributed by atoms with Crippen LogP contribution in [0.15, 0.2) is 24.3 Å². The first-order chi connectivity index (χ1) is 10.3. The molecule has 6 nitrogen and oxygen atoms in total. The first kappa shape index (κ1) is 17.2. The Kier molecular flexibility index (Phi) is 5.44. The Hall–Kier alpha value is -1.15. The van der Waals surface area contributed by atoms with Crippen LogP contribution in [0.25, 0.3) is 0 Å². The maximum Gasteiger partial charge on any atom is 0.281 e. The van der Waals surface area contributed by atoms with Crippen molar-refractivity contribution in [3.05, 3.63) is 34.9 Å². The number of hydrogen-bond donors (Lipinski definition) is 0. The predicted molar refractivity (Wildman–Crippen MR) is 85.9 cm³/mol. The minimum absolute atomic E-state index is 0.00391. The maximum absolute atomic E-state index is 12.3. The van der Waals surface area contributed by atoms with E-state index in [-0.39, 0.29) is 5.91 Å². The molecule has 122 valence electrons. The van der Waals surface area contributed by atoms with Crippen molar-refractivity contribution in [2.75, 3.05) is 40.3 Å². The monoisotopic (exact) mass is 345 g/mol. The molecule has 22 heavy (non-hydrogen) atoms. The zero-order valence-corrected chi connectivity index (χ0v) is 14.3. The summed E-state index contributed by atoms with van der Waals surface area (Å²) in [6, 6.07) is 7.16. The van der Waals surface area contributed by atoms with Crippen LogP contribution in [-0.4, -0.2) is 68.1 Å². The van der Waals surface area contributed by atoms with Gasteiger partial charge in [-0.15, -0.1) is 0 Å². The lowest BCUT2D eigenvalue weighted by molar-refractivity contribution is -0.131. The molecule has 0 radical (unpaired) electrons. The zero-order valence-electron chi connectivity index (χ0n) is 12.7. The molecule has 1 aliphatic rings. The van der Waals surface area contributed by atoms with Gasteiger partial charge in [-0.3, -0.25) is 4.79 Å². The summed E-state index contributed by atoms with van der Waals surface area (Å²) in [7, 11) is -0.384. The molecular weight excluding hydrogens is 326 g/mol. The molecule has 0 bridgehead atoms. The fourth-order valence-corrected chi connectivity index (χ4v) is 3.50. The summed E-state index contributed by atoms with van der Waals surface area (Å²) in [5, 5.41) is 0.638. The lowest BCUT2D eigenvalue weighted by Crippen LogP contribution is -2.53. The van der Waals surface area contributed by atoms with Gasteiger partial charge in [0.2, 0.25) is 5.91 Å². The lowest BCUT2D eigenvalue weighted by atomic mass is 10.1. The van der Waals surface area contributed by atoms with Crippen LogP contribution >= 0.6 is 11.6 Å². The van der Waals surface area contributed by atoms with Crippen molar-refractivity contribution in [3.8, 4) is 0 Å². The molecule has 2 rings (SSSR count). The van der Waals surface area contributed by atoms with E-state index < -0.39 is 10.2 Å². The lowest BCUT2D eigenvalue weighted by Gasteiger charge is -2.35. The van der Waals surface area contributed by atoms with Gasteiger partial charge in [0, 0.05) is 45.3 Å². The Balaban J connectivity index is 1.91. The standard InChI is InChI=1S/C14H20ClN3O3S/c1-16(2)22(20,21)18-9-7-17(8-10-18)14(19)11-12-3-5-13(15)6-4-12/h3-6H,7-11H2,1-2H3. The van der Waals surface area contributed by atoms with E-state index in [4.69, 9.17) is 11.6 Å². The third kappa shape index (κ3) is 3.98. The highest BCUT2D eigenvalue weighted by molar-refractivity contribution is 7.86. The van der Waals surface area contributed by atoms with Gasteiger partial charge in [-0.05, 0) is 17.7 Å². The maximum atomic E-state index is 12.3. The summed E-state index contributed by atoms with van der Waals surface area (Å²) in [6.45, 7) is 1.48. The van der Waals surface area contributed by atoms with Crippen LogP contribution in [0.1, 0.15) is 5.56 Å². The van der Waals surface area contributed by atoms with E-state index in [1.54, 1.807) is 17.0 Å². The summed E-state index contributed by atoms with van der Waals surface area (Å²) < 4.78 is 26.6. The second-order valence-corrected chi connectivity index (χ2v) is 7.95. The van der Waals surface area contributed by atoms with E-state index in [1.807, 2.05) is 12.1 Å². The molecule has 0 spiro atoms. The van der Waals surface area contributed by atoms with Crippen LogP contribution in [0, 0.1) is 0 Å². The average molecular weight is 346 g/mol. The SMILES string of the molecule is CN(C)S(=O)(=O)N1CCN(C(=O)Cc2ccc(Cl)cc2)CC1. The van der Waals surface area contributed by atoms with Gasteiger partial charge in [-0.1, -0.05) is 23.7 Å². The second-order valence-electron chi connectivity index (χ2n) is 5.37. The number of carbonyl (C=O) groups is 1. The fraction of sp³-hybridized carbons (Fsp3) is 0.500. The van der Waals surface area contributed by atoms with Gasteiger partial charge in [0.25, 0.3) is 10.2 Å². The Morgan fingerprint density at radius 1 is 1.14 bits per heavy atom. The van der Waals surface area contributed by atoms with E-state index in [1.165, 1.54) is 22.7 Å². The number of nitrogens with zero attached hydrogens (tertiary/aromatic N) is 3. The molecule has 1 aliphatic heterocycles. The fourth-order valence-electron chi connectivity index (χ4n) is 2.29.